The maximum Gasteiger partial charge on any atom is 0.245 e. The maximum absolute atomic E-state index is 13.5. The van der Waals surface area contributed by atoms with Crippen LogP contribution in [0.25, 0.3) is 0 Å². The van der Waals surface area contributed by atoms with Crippen LogP contribution in [0.15, 0.2) is 46.9 Å². The Labute approximate surface area is 270 Å². The number of amides is 1. The number of ether oxygens (including phenoxy) is 1. The normalized spacial score (nSPS) is 20.2. The largest absolute Gasteiger partial charge is 0.379 e. The first-order valence-electron chi connectivity index (χ1n) is 16.2. The van der Waals surface area contributed by atoms with Gasteiger partial charge >= 0.3 is 0 Å². The van der Waals surface area contributed by atoms with Crippen LogP contribution in [0.4, 0.5) is 0 Å². The number of unbranched alkanes of at least 4 members (excludes halogenated alkanes) is 1. The molecule has 3 aliphatic heterocycles. The van der Waals surface area contributed by atoms with Crippen molar-refractivity contribution < 1.29 is 17.9 Å². The van der Waals surface area contributed by atoms with Crippen molar-refractivity contribution in [3.05, 3.63) is 52.6 Å². The van der Waals surface area contributed by atoms with Crippen molar-refractivity contribution in [1.29, 1.82) is 0 Å². The topological polar surface area (TPSA) is 125 Å². The highest BCUT2D eigenvalue weighted by atomic mass is 35.5. The molecule has 3 heterocycles. The van der Waals surface area contributed by atoms with E-state index < -0.39 is 16.2 Å². The summed E-state index contributed by atoms with van der Waals surface area (Å²) in [5.41, 5.74) is 13.5. The molecule has 0 radical (unpaired) electrons. The number of sulfonamides is 1. The van der Waals surface area contributed by atoms with Crippen molar-refractivity contribution in [2.24, 2.45) is 17.4 Å². The molecule has 44 heavy (non-hydrogen) atoms. The van der Waals surface area contributed by atoms with E-state index in [2.05, 4.69) is 28.9 Å². The van der Waals surface area contributed by atoms with Crippen LogP contribution >= 0.6 is 11.6 Å². The molecule has 0 spiro atoms. The predicted octanol–water partition coefficient (Wildman–Crippen LogP) is 3.27. The lowest BCUT2D eigenvalue weighted by molar-refractivity contribution is -0.138. The zero-order chi connectivity index (χ0) is 32.1. The van der Waals surface area contributed by atoms with Gasteiger partial charge in [-0.25, -0.2) is 8.42 Å². The van der Waals surface area contributed by atoms with Gasteiger partial charge in [-0.15, -0.1) is 0 Å². The van der Waals surface area contributed by atoms with Crippen molar-refractivity contribution in [2.45, 2.75) is 64.1 Å². The Balaban J connectivity index is 0.00000259. The summed E-state index contributed by atoms with van der Waals surface area (Å²) >= 11 is 6.46. The van der Waals surface area contributed by atoms with Gasteiger partial charge in [0.05, 0.1) is 24.4 Å². The van der Waals surface area contributed by atoms with Crippen LogP contribution in [0.5, 0.6) is 0 Å². The standard InChI is InChI=1S/C30H47ClN6O4S.C2H6/c1-2-3-4-6-24(21-28(32)33)22-34-11-9-25(10-12-34)30(38)36-15-13-35(14-16-36)23-26-7-5-8-27(31)29(26)42(39,40)37-17-19-41-20-18-37;1-2/h4-8,21,25,28H,2-3,9-20,22-23,32-33H2,1H3;1-2H3/b6-4-,24-21+;. The lowest BCUT2D eigenvalue weighted by Gasteiger charge is -2.39. The van der Waals surface area contributed by atoms with Gasteiger partial charge in [0.1, 0.15) is 4.90 Å². The van der Waals surface area contributed by atoms with E-state index in [9.17, 15) is 13.2 Å². The van der Waals surface area contributed by atoms with E-state index in [1.54, 1.807) is 12.1 Å². The average molecular weight is 653 g/mol. The Morgan fingerprint density at radius 2 is 1.68 bits per heavy atom. The molecule has 0 atom stereocenters. The Morgan fingerprint density at radius 1 is 1.02 bits per heavy atom. The van der Waals surface area contributed by atoms with Gasteiger partial charge in [-0.1, -0.05) is 63.1 Å². The Bertz CT molecular complexity index is 1200. The summed E-state index contributed by atoms with van der Waals surface area (Å²) in [7, 11) is -3.73. The minimum atomic E-state index is -3.73. The third kappa shape index (κ3) is 10.3. The van der Waals surface area contributed by atoms with Crippen molar-refractivity contribution in [2.75, 3.05) is 72.1 Å². The van der Waals surface area contributed by atoms with Gasteiger partial charge in [0.2, 0.25) is 15.9 Å². The molecule has 3 fully saturated rings. The molecule has 4 N–H and O–H groups in total. The zero-order valence-electron chi connectivity index (χ0n) is 26.8. The molecule has 0 saturated carbocycles. The summed E-state index contributed by atoms with van der Waals surface area (Å²) in [5.74, 6) is 0.265. The summed E-state index contributed by atoms with van der Waals surface area (Å²) in [6.07, 6.45) is 9.51. The molecular weight excluding hydrogens is 600 g/mol. The highest BCUT2D eigenvalue weighted by Gasteiger charge is 2.33. The Morgan fingerprint density at radius 3 is 2.30 bits per heavy atom. The molecule has 3 saturated heterocycles. The second-order valence-corrected chi connectivity index (χ2v) is 13.7. The van der Waals surface area contributed by atoms with E-state index in [0.717, 1.165) is 50.9 Å². The van der Waals surface area contributed by atoms with Gasteiger partial charge in [0.15, 0.2) is 0 Å². The lowest BCUT2D eigenvalue weighted by Crippen LogP contribution is -2.51. The van der Waals surface area contributed by atoms with E-state index >= 15 is 0 Å². The van der Waals surface area contributed by atoms with Crippen molar-refractivity contribution in [3.8, 4) is 0 Å². The van der Waals surface area contributed by atoms with Gasteiger partial charge in [0, 0.05) is 58.3 Å². The second kappa shape index (κ2) is 18.3. The minimum Gasteiger partial charge on any atom is -0.379 e. The first-order valence-corrected chi connectivity index (χ1v) is 18.0. The van der Waals surface area contributed by atoms with Crippen LogP contribution < -0.4 is 11.5 Å². The van der Waals surface area contributed by atoms with E-state index in [4.69, 9.17) is 27.8 Å². The summed E-state index contributed by atoms with van der Waals surface area (Å²) < 4.78 is 33.7. The molecule has 1 aromatic carbocycles. The number of rotatable bonds is 11. The van der Waals surface area contributed by atoms with Gasteiger partial charge < -0.3 is 21.1 Å². The van der Waals surface area contributed by atoms with Crippen LogP contribution in [-0.4, -0.2) is 112 Å². The van der Waals surface area contributed by atoms with E-state index in [-0.39, 0.29) is 21.7 Å². The van der Waals surface area contributed by atoms with Crippen LogP contribution in [0.2, 0.25) is 5.02 Å². The summed E-state index contributed by atoms with van der Waals surface area (Å²) in [5, 5.41) is 0.240. The van der Waals surface area contributed by atoms with Crippen LogP contribution in [0.3, 0.4) is 0 Å². The number of nitrogens with two attached hydrogens (primary N) is 2. The highest BCUT2D eigenvalue weighted by molar-refractivity contribution is 7.89. The Kier molecular flexibility index (Phi) is 15.3. The summed E-state index contributed by atoms with van der Waals surface area (Å²) in [6.45, 7) is 13.2. The summed E-state index contributed by atoms with van der Waals surface area (Å²) in [4.78, 5) is 20.1. The second-order valence-electron chi connectivity index (χ2n) is 11.4. The maximum atomic E-state index is 13.5. The number of allylic oxidation sites excluding steroid dienone is 1. The van der Waals surface area contributed by atoms with Crippen molar-refractivity contribution >= 4 is 27.5 Å². The van der Waals surface area contributed by atoms with Crippen LogP contribution in [-0.2, 0) is 26.1 Å². The van der Waals surface area contributed by atoms with Gasteiger partial charge in [-0.3, -0.25) is 14.6 Å². The predicted molar refractivity (Wildman–Crippen MR) is 178 cm³/mol. The monoisotopic (exact) mass is 652 g/mol. The zero-order valence-corrected chi connectivity index (χ0v) is 28.4. The van der Waals surface area contributed by atoms with E-state index in [1.165, 1.54) is 4.31 Å². The first kappa shape index (κ1) is 36.6. The number of hydrogen-bond donors (Lipinski definition) is 2. The highest BCUT2D eigenvalue weighted by Crippen LogP contribution is 2.30. The fourth-order valence-corrected chi connectivity index (χ4v) is 8.07. The molecule has 1 aromatic rings. The molecule has 12 heteroatoms. The molecule has 10 nitrogen and oxygen atoms in total. The minimum absolute atomic E-state index is 0.0332. The molecule has 0 unspecified atom stereocenters. The van der Waals surface area contributed by atoms with Crippen LogP contribution in [0, 0.1) is 5.92 Å². The third-order valence-electron chi connectivity index (χ3n) is 8.23. The smallest absolute Gasteiger partial charge is 0.245 e. The molecule has 0 aliphatic carbocycles. The van der Waals surface area contributed by atoms with E-state index in [0.29, 0.717) is 64.6 Å². The van der Waals surface area contributed by atoms with Crippen molar-refractivity contribution in [1.82, 2.24) is 19.0 Å². The number of carbonyl (C=O) groups excluding carboxylic acids is 1. The van der Waals surface area contributed by atoms with Gasteiger partial charge in [-0.05, 0) is 55.6 Å². The van der Waals surface area contributed by atoms with Crippen LogP contribution in [0.1, 0.15) is 52.0 Å². The fraction of sp³-hybridized carbons (Fsp3) is 0.656. The van der Waals surface area contributed by atoms with Gasteiger partial charge in [-0.2, -0.15) is 4.31 Å². The molecule has 0 bridgehead atoms. The number of piperazine rings is 1. The van der Waals surface area contributed by atoms with E-state index in [1.807, 2.05) is 30.9 Å². The van der Waals surface area contributed by atoms with Gasteiger partial charge in [0.25, 0.3) is 0 Å². The number of carbonyl (C=O) groups is 1. The summed E-state index contributed by atoms with van der Waals surface area (Å²) in [6, 6.07) is 5.27. The molecular formula is C32H53ClN6O4S. The number of nitrogens with zero attached hydrogens (tertiary/aromatic N) is 4. The van der Waals surface area contributed by atoms with Crippen molar-refractivity contribution in [3.63, 3.8) is 0 Å². The fourth-order valence-electron chi connectivity index (χ4n) is 5.91. The SMILES string of the molecule is CC.CCC/C=C\C(=C/C(N)N)CN1CCC(C(=O)N2CCN(Cc3cccc(Cl)c3S(=O)(=O)N3CCOCC3)CC2)CC1. The number of likely N-dealkylation sites (tertiary alicyclic amines) is 1. The number of morpholine rings is 1. The molecule has 4 rings (SSSR count). The average Bonchev–Trinajstić information content (AvgIpc) is 3.02. The number of hydrogen-bond acceptors (Lipinski definition) is 8. The Hall–Kier alpha value is -1.83. The quantitative estimate of drug-likeness (QED) is 0.276. The molecule has 1 amide bonds. The number of halogens is 1. The third-order valence-corrected chi connectivity index (χ3v) is 10.7. The first-order chi connectivity index (χ1) is 21.2. The molecule has 0 aromatic heterocycles. The number of benzene rings is 1. The number of piperidine rings is 1. The molecule has 248 valence electrons. The lowest BCUT2D eigenvalue weighted by atomic mass is 9.94. The molecule has 3 aliphatic rings.